The van der Waals surface area contributed by atoms with E-state index in [2.05, 4.69) is 42.4 Å². The molecule has 0 aromatic heterocycles. The molecule has 4 rings (SSSR count). The van der Waals surface area contributed by atoms with Crippen LogP contribution in [0, 0.1) is 35.0 Å². The number of aldehydes is 1. The van der Waals surface area contributed by atoms with E-state index in [4.69, 9.17) is 0 Å². The molecule has 0 radical (unpaired) electrons. The van der Waals surface area contributed by atoms with Gasteiger partial charge in [0.05, 0.1) is 18.3 Å². The van der Waals surface area contributed by atoms with Crippen molar-refractivity contribution >= 4 is 6.29 Å². The summed E-state index contributed by atoms with van der Waals surface area (Å²) in [5.41, 5.74) is 2.64. The van der Waals surface area contributed by atoms with E-state index in [0.717, 1.165) is 54.9 Å². The summed E-state index contributed by atoms with van der Waals surface area (Å²) in [6.07, 6.45) is 23.5. The Bertz CT molecular complexity index is 1240. The minimum atomic E-state index is -1.19. The van der Waals surface area contributed by atoms with Crippen LogP contribution in [0.25, 0.3) is 0 Å². The van der Waals surface area contributed by atoms with Gasteiger partial charge in [-0.1, -0.05) is 79.0 Å². The quantitative estimate of drug-likeness (QED) is 0.0508. The Kier molecular flexibility index (Phi) is 14.7. The van der Waals surface area contributed by atoms with Crippen LogP contribution in [0.2, 0.25) is 0 Å². The third kappa shape index (κ3) is 8.59. The number of aliphatic hydroxyl groups excluding tert-OH is 3. The summed E-state index contributed by atoms with van der Waals surface area (Å²) >= 11 is 0. The molecular formula is C41H64N2O5. The SMILES string of the molecule is C=C(C=CC=C(CO)C1CCC2(C1O)C1C(=C(C)C=O)C(C=CC1CCO)CC2(O)CCNC)CCC=C(C)CNCC1CCCCC1. The van der Waals surface area contributed by atoms with E-state index >= 15 is 0 Å². The fourth-order valence-electron chi connectivity index (χ4n) is 9.74. The minimum absolute atomic E-state index is 0.0166. The topological polar surface area (TPSA) is 122 Å². The number of allylic oxidation sites excluding steroid dienone is 9. The second-order valence-corrected chi connectivity index (χ2v) is 15.3. The third-order valence-corrected chi connectivity index (χ3v) is 12.2. The van der Waals surface area contributed by atoms with Crippen molar-refractivity contribution in [2.24, 2.45) is 35.0 Å². The highest BCUT2D eigenvalue weighted by molar-refractivity contribution is 5.74. The number of hydrogen-bond acceptors (Lipinski definition) is 7. The standard InChI is InChI=1S/C41H64N2O5/c1-29(10-8-12-30(2)25-43-26-32-13-6-5-7-14-32)11-9-15-35(28-46)36-18-20-41(39(36)47)38-33(19-23-44)16-17-34(37(38)31(3)27-45)24-40(41,48)21-22-42-4/h9,11-12,15-17,27,32-34,36,38-39,42-44,46-48H,1,5-8,10,13-14,18-26,28H2,2-4H3. The number of hydrogen-bond donors (Lipinski definition) is 6. The molecule has 48 heavy (non-hydrogen) atoms. The summed E-state index contributed by atoms with van der Waals surface area (Å²) in [6, 6.07) is 0. The van der Waals surface area contributed by atoms with E-state index in [0.29, 0.717) is 44.2 Å². The van der Waals surface area contributed by atoms with Crippen LogP contribution < -0.4 is 10.6 Å². The van der Waals surface area contributed by atoms with Crippen molar-refractivity contribution in [3.8, 4) is 0 Å². The average Bonchev–Trinajstić information content (AvgIpc) is 3.43. The smallest absolute Gasteiger partial charge is 0.145 e. The Morgan fingerprint density at radius 3 is 2.58 bits per heavy atom. The molecule has 0 aromatic rings. The van der Waals surface area contributed by atoms with E-state index in [-0.39, 0.29) is 36.9 Å². The van der Waals surface area contributed by atoms with Crippen molar-refractivity contribution in [3.05, 3.63) is 70.9 Å². The van der Waals surface area contributed by atoms with Gasteiger partial charge in [0.25, 0.3) is 0 Å². The Morgan fingerprint density at radius 1 is 1.12 bits per heavy atom. The van der Waals surface area contributed by atoms with Crippen molar-refractivity contribution < 1.29 is 25.2 Å². The number of fused-ring (bicyclic) bond motifs is 3. The molecule has 2 bridgehead atoms. The predicted molar refractivity (Wildman–Crippen MR) is 195 cm³/mol. The lowest BCUT2D eigenvalue weighted by atomic mass is 9.45. The van der Waals surface area contributed by atoms with E-state index in [1.165, 1.54) is 37.7 Å². The maximum atomic E-state index is 12.6. The molecule has 0 aromatic carbocycles. The molecule has 4 aliphatic carbocycles. The van der Waals surface area contributed by atoms with E-state index in [9.17, 15) is 25.2 Å². The molecule has 4 aliphatic rings. The van der Waals surface area contributed by atoms with Crippen LogP contribution in [0.1, 0.15) is 90.9 Å². The van der Waals surface area contributed by atoms with E-state index < -0.39 is 17.1 Å². The van der Waals surface area contributed by atoms with Crippen molar-refractivity contribution in [1.29, 1.82) is 0 Å². The van der Waals surface area contributed by atoms with Crippen LogP contribution in [0.5, 0.6) is 0 Å². The molecule has 7 atom stereocenters. The molecule has 0 saturated heterocycles. The third-order valence-electron chi connectivity index (χ3n) is 12.2. The predicted octanol–water partition coefficient (Wildman–Crippen LogP) is 5.73. The van der Waals surface area contributed by atoms with Gasteiger partial charge in [-0.25, -0.2) is 0 Å². The molecular weight excluding hydrogens is 600 g/mol. The Morgan fingerprint density at radius 2 is 1.90 bits per heavy atom. The average molecular weight is 665 g/mol. The zero-order valence-electron chi connectivity index (χ0n) is 29.9. The zero-order valence-corrected chi connectivity index (χ0v) is 29.9. The Balaban J connectivity index is 1.47. The largest absolute Gasteiger partial charge is 0.396 e. The van der Waals surface area contributed by atoms with Crippen LogP contribution in [-0.4, -0.2) is 78.3 Å². The first-order valence-electron chi connectivity index (χ1n) is 18.7. The van der Waals surface area contributed by atoms with E-state index in [1.807, 2.05) is 32.2 Å². The zero-order chi connectivity index (χ0) is 34.7. The summed E-state index contributed by atoms with van der Waals surface area (Å²) in [4.78, 5) is 12.2. The number of carbonyl (C=O) groups excluding carboxylic acids is 1. The Hall–Kier alpha value is -2.13. The lowest BCUT2D eigenvalue weighted by Gasteiger charge is -2.61. The highest BCUT2D eigenvalue weighted by Crippen LogP contribution is 2.67. The van der Waals surface area contributed by atoms with Gasteiger partial charge in [-0.15, -0.1) is 0 Å². The maximum absolute atomic E-state index is 12.6. The summed E-state index contributed by atoms with van der Waals surface area (Å²) in [5.74, 6) is 0.0102. The number of aliphatic hydroxyl groups is 4. The van der Waals surface area contributed by atoms with Gasteiger partial charge in [0, 0.05) is 30.4 Å². The molecule has 268 valence electrons. The van der Waals surface area contributed by atoms with Gasteiger partial charge in [0.15, 0.2) is 0 Å². The summed E-state index contributed by atoms with van der Waals surface area (Å²) in [7, 11) is 1.87. The molecule has 3 saturated carbocycles. The van der Waals surface area contributed by atoms with Crippen LogP contribution in [0.15, 0.2) is 70.9 Å². The number of carbonyl (C=O) groups is 1. The van der Waals surface area contributed by atoms with Crippen molar-refractivity contribution in [2.45, 2.75) is 103 Å². The molecule has 3 fully saturated rings. The minimum Gasteiger partial charge on any atom is -0.396 e. The van der Waals surface area contributed by atoms with Gasteiger partial charge >= 0.3 is 0 Å². The van der Waals surface area contributed by atoms with Crippen molar-refractivity contribution in [2.75, 3.05) is 39.9 Å². The van der Waals surface area contributed by atoms with Gasteiger partial charge in [-0.05, 0) is 121 Å². The molecule has 0 aliphatic heterocycles. The van der Waals surface area contributed by atoms with E-state index in [1.54, 1.807) is 0 Å². The molecule has 0 amide bonds. The first kappa shape index (κ1) is 38.7. The van der Waals surface area contributed by atoms with Crippen LogP contribution in [0.3, 0.4) is 0 Å². The highest BCUT2D eigenvalue weighted by Gasteiger charge is 2.68. The molecule has 7 nitrogen and oxygen atoms in total. The molecule has 1 spiro atoms. The second kappa shape index (κ2) is 18.2. The Labute approximate surface area is 290 Å². The van der Waals surface area contributed by atoms with Gasteiger partial charge in [0.2, 0.25) is 0 Å². The lowest BCUT2D eigenvalue weighted by molar-refractivity contribution is -0.194. The summed E-state index contributed by atoms with van der Waals surface area (Å²) in [6.45, 7) is 10.7. The van der Waals surface area contributed by atoms with Gasteiger partial charge < -0.3 is 31.1 Å². The monoisotopic (exact) mass is 664 g/mol. The first-order chi connectivity index (χ1) is 23.1. The van der Waals surface area contributed by atoms with Gasteiger partial charge in [-0.2, -0.15) is 0 Å². The molecule has 0 heterocycles. The maximum Gasteiger partial charge on any atom is 0.145 e. The first-order valence-corrected chi connectivity index (χ1v) is 18.7. The van der Waals surface area contributed by atoms with Crippen molar-refractivity contribution in [1.82, 2.24) is 10.6 Å². The fraction of sp³-hybridized carbons (Fsp3) is 0.683. The van der Waals surface area contributed by atoms with Crippen LogP contribution >= 0.6 is 0 Å². The molecule has 6 N–H and O–H groups in total. The van der Waals surface area contributed by atoms with Gasteiger partial charge in [0.1, 0.15) is 6.29 Å². The fourth-order valence-corrected chi connectivity index (χ4v) is 9.74. The van der Waals surface area contributed by atoms with Crippen molar-refractivity contribution in [3.63, 3.8) is 0 Å². The number of nitrogens with one attached hydrogen (secondary N) is 2. The summed E-state index contributed by atoms with van der Waals surface area (Å²) in [5, 5.41) is 52.4. The summed E-state index contributed by atoms with van der Waals surface area (Å²) < 4.78 is 0. The van der Waals surface area contributed by atoms with Crippen LogP contribution in [0.4, 0.5) is 0 Å². The highest BCUT2D eigenvalue weighted by atomic mass is 16.3. The molecule has 7 unspecified atom stereocenters. The second-order valence-electron chi connectivity index (χ2n) is 15.3. The van der Waals surface area contributed by atoms with Gasteiger partial charge in [-0.3, -0.25) is 4.79 Å². The lowest BCUT2D eigenvalue weighted by Crippen LogP contribution is -2.65. The molecule has 7 heteroatoms. The normalized spacial score (nSPS) is 33.9. The van der Waals surface area contributed by atoms with Crippen LogP contribution in [-0.2, 0) is 4.79 Å². The number of rotatable bonds is 17.